The van der Waals surface area contributed by atoms with E-state index in [1.54, 1.807) is 0 Å². The molecule has 0 unspecified atom stereocenters. The van der Waals surface area contributed by atoms with E-state index in [0.29, 0.717) is 0 Å². The summed E-state index contributed by atoms with van der Waals surface area (Å²) in [6.45, 7) is 0. The monoisotopic (exact) mass is 141 g/mol. The van der Waals surface area contributed by atoms with Gasteiger partial charge in [0.25, 0.3) is 0 Å². The average Bonchev–Trinajstić information content (AvgIpc) is 0. The van der Waals surface area contributed by atoms with Gasteiger partial charge in [-0.1, -0.05) is 0 Å². The van der Waals surface area contributed by atoms with Crippen LogP contribution in [0.25, 0.3) is 18.5 Å². The van der Waals surface area contributed by atoms with Crippen molar-refractivity contribution in [3.63, 3.8) is 0 Å². The fraction of sp³-hybridized carbons (Fsp3) is 0. The van der Waals surface area contributed by atoms with Crippen molar-refractivity contribution in [2.45, 2.75) is 0 Å². The Bertz CT molecular complexity index is 8.75. The van der Waals surface area contributed by atoms with Gasteiger partial charge in [0.2, 0.25) is 0 Å². The Morgan fingerprint density at radius 2 is 0.500 bits per heavy atom. The van der Waals surface area contributed by atoms with Crippen LogP contribution >= 0.6 is 0 Å². The largest absolute Gasteiger partial charge is 5.00 e. The van der Waals surface area contributed by atoms with Gasteiger partial charge in [0.1, 0.15) is 0 Å². The first-order chi connectivity index (χ1) is 0. The van der Waals surface area contributed by atoms with Crippen LogP contribution < -0.4 is 0 Å². The minimum absolute atomic E-state index is 0. The fourth-order valence-electron chi connectivity index (χ4n) is 0. The van der Waals surface area contributed by atoms with E-state index in [2.05, 4.69) is 0 Å². The third-order valence-electron chi connectivity index (χ3n) is 0. The van der Waals surface area contributed by atoms with Gasteiger partial charge in [-0.25, -0.2) is 0 Å². The molecule has 0 amide bonds. The van der Waals surface area contributed by atoms with E-state index in [1.807, 2.05) is 0 Å². The van der Waals surface area contributed by atoms with Crippen LogP contribution in [-0.4, -0.2) is 46.1 Å². The van der Waals surface area contributed by atoms with E-state index in [4.69, 9.17) is 0 Å². The molecule has 0 aliphatic rings. The Morgan fingerprint density at radius 3 is 0.500 bits per heavy atom. The molecule has 0 saturated heterocycles. The van der Waals surface area contributed by atoms with Crippen LogP contribution in [-0.2, 0) is 18.6 Å². The van der Waals surface area contributed by atoms with Crippen LogP contribution in [0.15, 0.2) is 0 Å². The SMILES string of the molecule is [Mg+2].[Mg+2].[N-3].[N-3].[N-3].[V+5]. The molecule has 0 saturated carbocycles. The first kappa shape index (κ1) is 98.2. The number of rotatable bonds is 0. The van der Waals surface area contributed by atoms with Crippen molar-refractivity contribution >= 4 is 46.1 Å². The molecular weight excluding hydrogens is 142 g/mol. The van der Waals surface area contributed by atoms with Crippen molar-refractivity contribution in [1.82, 2.24) is 0 Å². The summed E-state index contributed by atoms with van der Waals surface area (Å²) in [5.74, 6) is 0. The normalized spacial score (nSPS) is 0. The second kappa shape index (κ2) is 63.1. The van der Waals surface area contributed by atoms with Gasteiger partial charge >= 0.3 is 64.7 Å². The second-order valence-corrected chi connectivity index (χ2v) is 0. The Kier molecular flexibility index (Phi) is 1030. The molecule has 0 fully saturated rings. The van der Waals surface area contributed by atoms with Crippen LogP contribution in [0.3, 0.4) is 0 Å². The number of nitrogens with zero attached hydrogens (tertiary/aromatic N) is 3. The molecule has 6 heavy (non-hydrogen) atoms. The predicted molar refractivity (Wildman–Crippen MR) is 21.6 cm³/mol. The Balaban J connectivity index is 0. The molecule has 0 spiro atoms. The van der Waals surface area contributed by atoms with E-state index in [0.717, 1.165) is 0 Å². The van der Waals surface area contributed by atoms with E-state index >= 15 is 0 Å². The number of hydrogen-bond donors (Lipinski definition) is 0. The van der Waals surface area contributed by atoms with Gasteiger partial charge in [-0.3, -0.25) is 0 Å². The molecule has 0 rings (SSSR count). The molecule has 0 radical (unpaired) electrons. The molecular formula is Mg2N3V. The maximum Gasteiger partial charge on any atom is 5.00 e. The summed E-state index contributed by atoms with van der Waals surface area (Å²) in [6.07, 6.45) is 0. The predicted octanol–water partition coefficient (Wildman–Crippen LogP) is 0.102. The summed E-state index contributed by atoms with van der Waals surface area (Å²) in [5, 5.41) is 0. The van der Waals surface area contributed by atoms with E-state index in [-0.39, 0.29) is 83.1 Å². The van der Waals surface area contributed by atoms with Crippen molar-refractivity contribution in [2.75, 3.05) is 0 Å². The Hall–Kier alpha value is 2.00. The first-order valence-corrected chi connectivity index (χ1v) is 0. The molecule has 3 nitrogen and oxygen atoms in total. The summed E-state index contributed by atoms with van der Waals surface area (Å²) < 4.78 is 0. The van der Waals surface area contributed by atoms with Crippen LogP contribution in [0.5, 0.6) is 0 Å². The summed E-state index contributed by atoms with van der Waals surface area (Å²) in [5.41, 5.74) is 0. The Morgan fingerprint density at radius 1 is 0.500 bits per heavy atom. The van der Waals surface area contributed by atoms with E-state index in [1.165, 1.54) is 0 Å². The molecule has 0 aromatic heterocycles. The maximum atomic E-state index is 0. The smallest absolute Gasteiger partial charge is 3.00 e. The van der Waals surface area contributed by atoms with Gasteiger partial charge in [0.15, 0.2) is 0 Å². The van der Waals surface area contributed by atoms with Gasteiger partial charge in [-0.05, 0) is 0 Å². The van der Waals surface area contributed by atoms with Crippen molar-refractivity contribution in [1.29, 1.82) is 0 Å². The molecule has 6 heteroatoms. The zero-order chi connectivity index (χ0) is 0. The first-order valence-electron chi connectivity index (χ1n) is 0. The molecule has 0 aliphatic heterocycles. The molecule has 24 valence electrons. The molecule has 0 heterocycles. The Labute approximate surface area is 82.3 Å². The standard InChI is InChI=1S/2Mg.3N.V/q2*+2;3*-3;+5. The maximum absolute atomic E-state index is 0. The minimum Gasteiger partial charge on any atom is -3.00 e. The summed E-state index contributed by atoms with van der Waals surface area (Å²) >= 11 is 0. The van der Waals surface area contributed by atoms with Gasteiger partial charge < -0.3 is 18.5 Å². The van der Waals surface area contributed by atoms with Crippen molar-refractivity contribution in [2.24, 2.45) is 0 Å². The minimum atomic E-state index is 0. The van der Waals surface area contributed by atoms with E-state index < -0.39 is 0 Å². The van der Waals surface area contributed by atoms with Gasteiger partial charge in [-0.2, -0.15) is 0 Å². The zero-order valence-corrected chi connectivity index (χ0v) is 7.43. The van der Waals surface area contributed by atoms with E-state index in [9.17, 15) is 0 Å². The van der Waals surface area contributed by atoms with Crippen LogP contribution in [0, 0.1) is 0 Å². The molecule has 0 aromatic rings. The van der Waals surface area contributed by atoms with Crippen molar-refractivity contribution in [3.8, 4) is 0 Å². The van der Waals surface area contributed by atoms with Crippen LogP contribution in [0.1, 0.15) is 0 Å². The van der Waals surface area contributed by atoms with Crippen molar-refractivity contribution in [3.05, 3.63) is 18.5 Å². The molecule has 0 aliphatic carbocycles. The quantitative estimate of drug-likeness (QED) is 0.428. The summed E-state index contributed by atoms with van der Waals surface area (Å²) in [4.78, 5) is 0. The molecule has 0 atom stereocenters. The fourth-order valence-corrected chi connectivity index (χ4v) is 0. The van der Waals surface area contributed by atoms with Crippen LogP contribution in [0.2, 0.25) is 0 Å². The van der Waals surface area contributed by atoms with Crippen molar-refractivity contribution < 1.29 is 18.6 Å². The average molecular weight is 142 g/mol. The topological polar surface area (TPSA) is 91.5 Å². The third kappa shape index (κ3) is 37.6. The molecule has 0 aromatic carbocycles. The van der Waals surface area contributed by atoms with Crippen LogP contribution in [0.4, 0.5) is 0 Å². The van der Waals surface area contributed by atoms with Gasteiger partial charge in [0.05, 0.1) is 0 Å². The third-order valence-corrected chi connectivity index (χ3v) is 0. The zero-order valence-electron chi connectivity index (χ0n) is 3.20. The molecule has 0 bridgehead atoms. The number of hydrogen-bond acceptors (Lipinski definition) is 0. The summed E-state index contributed by atoms with van der Waals surface area (Å²) in [7, 11) is 0. The molecule has 0 N–H and O–H groups in total. The summed E-state index contributed by atoms with van der Waals surface area (Å²) in [6, 6.07) is 0. The second-order valence-electron chi connectivity index (χ2n) is 0. The van der Waals surface area contributed by atoms with Gasteiger partial charge in [-0.15, -0.1) is 0 Å². The van der Waals surface area contributed by atoms with Gasteiger partial charge in [0, 0.05) is 0 Å².